The maximum atomic E-state index is 10.3. The lowest BCUT2D eigenvalue weighted by Crippen LogP contribution is -2.45. The van der Waals surface area contributed by atoms with Crippen LogP contribution in [-0.2, 0) is 18.1 Å². The fourth-order valence-corrected chi connectivity index (χ4v) is 5.08. The summed E-state index contributed by atoms with van der Waals surface area (Å²) in [5.74, 6) is 0. The first-order valence-electron chi connectivity index (χ1n) is 7.68. The molecule has 1 aliphatic heterocycles. The Morgan fingerprint density at radius 3 is 1.75 bits per heavy atom. The average Bonchev–Trinajstić information content (AvgIpc) is 2.39. The van der Waals surface area contributed by atoms with Crippen molar-refractivity contribution >= 4 is 25.7 Å². The Bertz CT molecular complexity index is 239. The van der Waals surface area contributed by atoms with E-state index in [1.54, 1.807) is 0 Å². The van der Waals surface area contributed by atoms with E-state index in [0.29, 0.717) is 30.2 Å². The molecular weight excluding hydrogens is 292 g/mol. The molecule has 0 saturated carbocycles. The van der Waals surface area contributed by atoms with Crippen LogP contribution in [0, 0.1) is 0 Å². The molecule has 1 fully saturated rings. The second-order valence-electron chi connectivity index (χ2n) is 4.44. The standard InChI is InChI=1S/C8H20O3Si.C6H10OS/c1-5-9-12(8-4,10-6-2)11-7-3;1-2-3-5-4-6(7)8-5/h5-8H2,1-4H3;5H,2-4H2,1H3. The highest BCUT2D eigenvalue weighted by atomic mass is 32.2. The van der Waals surface area contributed by atoms with Gasteiger partial charge in [0, 0.05) is 37.5 Å². The Morgan fingerprint density at radius 2 is 1.50 bits per heavy atom. The molecule has 0 aromatic carbocycles. The highest BCUT2D eigenvalue weighted by molar-refractivity contribution is 8.16. The molecule has 0 radical (unpaired) electrons. The van der Waals surface area contributed by atoms with Crippen LogP contribution in [-0.4, -0.2) is 39.0 Å². The lowest BCUT2D eigenvalue weighted by molar-refractivity contribution is -0.112. The Balaban J connectivity index is 0.000000388. The first-order chi connectivity index (χ1) is 9.57. The molecule has 1 saturated heterocycles. The zero-order valence-corrected chi connectivity index (χ0v) is 15.4. The number of thioether (sulfide) groups is 1. The van der Waals surface area contributed by atoms with Gasteiger partial charge >= 0.3 is 8.80 Å². The van der Waals surface area contributed by atoms with Crippen molar-refractivity contribution < 1.29 is 18.1 Å². The number of hydrogen-bond acceptors (Lipinski definition) is 5. The smallest absolute Gasteiger partial charge is 0.374 e. The van der Waals surface area contributed by atoms with E-state index in [0.717, 1.165) is 12.5 Å². The molecule has 1 rings (SSSR count). The van der Waals surface area contributed by atoms with Gasteiger partial charge in [-0.1, -0.05) is 32.0 Å². The van der Waals surface area contributed by atoms with Gasteiger partial charge in [0.1, 0.15) is 0 Å². The van der Waals surface area contributed by atoms with Gasteiger partial charge in [0.15, 0.2) is 5.12 Å². The zero-order valence-electron chi connectivity index (χ0n) is 13.6. The van der Waals surface area contributed by atoms with Crippen molar-refractivity contribution in [1.82, 2.24) is 0 Å². The van der Waals surface area contributed by atoms with Crippen LogP contribution in [0.3, 0.4) is 0 Å². The third-order valence-corrected chi connectivity index (χ3v) is 7.05. The van der Waals surface area contributed by atoms with Crippen LogP contribution in [0.5, 0.6) is 0 Å². The van der Waals surface area contributed by atoms with Crippen LogP contribution in [0.1, 0.15) is 53.9 Å². The van der Waals surface area contributed by atoms with Crippen molar-refractivity contribution in [3.63, 3.8) is 0 Å². The molecule has 0 aliphatic carbocycles. The van der Waals surface area contributed by atoms with Gasteiger partial charge in [0.25, 0.3) is 0 Å². The number of hydrogen-bond donors (Lipinski definition) is 0. The van der Waals surface area contributed by atoms with Crippen LogP contribution in [0.25, 0.3) is 0 Å². The Labute approximate surface area is 129 Å². The highest BCUT2D eigenvalue weighted by Crippen LogP contribution is 2.32. The first kappa shape index (κ1) is 20.1. The fraction of sp³-hybridized carbons (Fsp3) is 0.929. The monoisotopic (exact) mass is 322 g/mol. The summed E-state index contributed by atoms with van der Waals surface area (Å²) in [4.78, 5) is 10.3. The second-order valence-corrected chi connectivity index (χ2v) is 8.74. The average molecular weight is 323 g/mol. The van der Waals surface area contributed by atoms with Crippen LogP contribution in [0.2, 0.25) is 6.04 Å². The van der Waals surface area contributed by atoms with Gasteiger partial charge in [-0.3, -0.25) is 4.79 Å². The Kier molecular flexibility index (Phi) is 11.8. The molecule has 0 N–H and O–H groups in total. The van der Waals surface area contributed by atoms with E-state index in [1.165, 1.54) is 24.6 Å². The van der Waals surface area contributed by atoms with Crippen molar-refractivity contribution in [2.24, 2.45) is 0 Å². The molecule has 0 aromatic heterocycles. The molecular formula is C14H30O4SSi. The summed E-state index contributed by atoms with van der Waals surface area (Å²) in [6.45, 7) is 12.1. The third kappa shape index (κ3) is 7.78. The molecule has 120 valence electrons. The van der Waals surface area contributed by atoms with Crippen LogP contribution in [0.4, 0.5) is 0 Å². The van der Waals surface area contributed by atoms with Gasteiger partial charge in [0.2, 0.25) is 0 Å². The molecule has 1 aliphatic rings. The maximum Gasteiger partial charge on any atom is 0.500 e. The minimum atomic E-state index is -2.27. The molecule has 1 unspecified atom stereocenters. The molecule has 1 atom stereocenters. The summed E-state index contributed by atoms with van der Waals surface area (Å²) in [5.41, 5.74) is 0. The Hall–Kier alpha value is 0.117. The first-order valence-corrected chi connectivity index (χ1v) is 10.5. The molecule has 0 amide bonds. The summed E-state index contributed by atoms with van der Waals surface area (Å²) < 4.78 is 16.7. The zero-order chi connectivity index (χ0) is 15.4. The summed E-state index contributed by atoms with van der Waals surface area (Å²) in [5, 5.41) is 1.05. The van der Waals surface area contributed by atoms with Crippen LogP contribution < -0.4 is 0 Å². The summed E-state index contributed by atoms with van der Waals surface area (Å²) in [6.07, 6.45) is 3.26. The summed E-state index contributed by atoms with van der Waals surface area (Å²) in [6, 6.07) is 0.850. The lowest BCUT2D eigenvalue weighted by Gasteiger charge is -2.26. The number of carbonyl (C=O) groups is 1. The number of rotatable bonds is 9. The largest absolute Gasteiger partial charge is 0.500 e. The minimum absolute atomic E-state index is 0.378. The van der Waals surface area contributed by atoms with Crippen LogP contribution in [0.15, 0.2) is 0 Å². The Morgan fingerprint density at radius 1 is 1.05 bits per heavy atom. The molecule has 4 nitrogen and oxygen atoms in total. The predicted octanol–water partition coefficient (Wildman–Crippen LogP) is 3.87. The van der Waals surface area contributed by atoms with Gasteiger partial charge in [-0.05, 0) is 27.2 Å². The molecule has 0 aromatic rings. The predicted molar refractivity (Wildman–Crippen MR) is 87.0 cm³/mol. The minimum Gasteiger partial charge on any atom is -0.374 e. The molecule has 1 heterocycles. The van der Waals surface area contributed by atoms with Crippen molar-refractivity contribution in [2.45, 2.75) is 65.2 Å². The van der Waals surface area contributed by atoms with Gasteiger partial charge in [-0.25, -0.2) is 0 Å². The van der Waals surface area contributed by atoms with Gasteiger partial charge < -0.3 is 13.3 Å². The van der Waals surface area contributed by atoms with Crippen molar-refractivity contribution in [2.75, 3.05) is 19.8 Å². The maximum absolute atomic E-state index is 10.3. The van der Waals surface area contributed by atoms with E-state index < -0.39 is 8.80 Å². The number of carbonyl (C=O) groups excluding carboxylic acids is 1. The van der Waals surface area contributed by atoms with Crippen LogP contribution >= 0.6 is 11.8 Å². The second kappa shape index (κ2) is 11.7. The fourth-order valence-electron chi connectivity index (χ4n) is 1.94. The SMILES string of the molecule is CCCC1CC(=O)S1.CCO[Si](CC)(OCC)OCC. The molecule has 6 heteroatoms. The van der Waals surface area contributed by atoms with E-state index in [1.807, 2.05) is 27.7 Å². The van der Waals surface area contributed by atoms with Crippen molar-refractivity contribution in [3.05, 3.63) is 0 Å². The molecule has 0 bridgehead atoms. The summed E-state index contributed by atoms with van der Waals surface area (Å²) in [7, 11) is -2.27. The van der Waals surface area contributed by atoms with Gasteiger partial charge in [-0.2, -0.15) is 0 Å². The van der Waals surface area contributed by atoms with E-state index >= 15 is 0 Å². The van der Waals surface area contributed by atoms with Crippen molar-refractivity contribution in [1.29, 1.82) is 0 Å². The van der Waals surface area contributed by atoms with Crippen molar-refractivity contribution in [3.8, 4) is 0 Å². The van der Waals surface area contributed by atoms with E-state index in [4.69, 9.17) is 13.3 Å². The topological polar surface area (TPSA) is 44.8 Å². The summed E-state index contributed by atoms with van der Waals surface area (Å²) >= 11 is 1.51. The molecule has 0 spiro atoms. The highest BCUT2D eigenvalue weighted by Gasteiger charge is 2.37. The van der Waals surface area contributed by atoms with E-state index in [2.05, 4.69) is 6.92 Å². The normalized spacial score (nSPS) is 18.2. The lowest BCUT2D eigenvalue weighted by atomic mass is 10.2. The van der Waals surface area contributed by atoms with Gasteiger partial charge in [0.05, 0.1) is 0 Å². The van der Waals surface area contributed by atoms with E-state index in [9.17, 15) is 4.79 Å². The van der Waals surface area contributed by atoms with Gasteiger partial charge in [-0.15, -0.1) is 0 Å². The third-order valence-electron chi connectivity index (χ3n) is 2.83. The molecule has 20 heavy (non-hydrogen) atoms. The van der Waals surface area contributed by atoms with E-state index in [-0.39, 0.29) is 0 Å². The quantitative estimate of drug-likeness (QED) is 0.603.